The second-order valence-corrected chi connectivity index (χ2v) is 7.22. The van der Waals surface area contributed by atoms with Gasteiger partial charge in [0.15, 0.2) is 0 Å². The molecule has 0 saturated carbocycles. The van der Waals surface area contributed by atoms with Crippen molar-refractivity contribution >= 4 is 17.4 Å². The molecule has 1 saturated heterocycles. The number of aliphatic hydroxyl groups is 1. The van der Waals surface area contributed by atoms with Crippen LogP contribution < -0.4 is 9.47 Å². The summed E-state index contributed by atoms with van der Waals surface area (Å²) in [5.74, 6) is 1.48. The van der Waals surface area contributed by atoms with Crippen molar-refractivity contribution in [3.8, 4) is 11.5 Å². The fourth-order valence-corrected chi connectivity index (χ4v) is 3.66. The van der Waals surface area contributed by atoms with E-state index in [9.17, 15) is 9.90 Å². The second-order valence-electron chi connectivity index (χ2n) is 6.82. The lowest BCUT2D eigenvalue weighted by atomic mass is 9.94. The van der Waals surface area contributed by atoms with E-state index >= 15 is 0 Å². The smallest absolute Gasteiger partial charge is 0.138 e. The van der Waals surface area contributed by atoms with Gasteiger partial charge in [0.05, 0.1) is 32.5 Å². The molecule has 0 spiro atoms. The van der Waals surface area contributed by atoms with Gasteiger partial charge in [0.25, 0.3) is 0 Å². The van der Waals surface area contributed by atoms with Gasteiger partial charge in [-0.25, -0.2) is 0 Å². The summed E-state index contributed by atoms with van der Waals surface area (Å²) in [7, 11) is 1.56. The number of carbonyl (C=O) groups excluding carboxylic acids is 1. The Morgan fingerprint density at radius 2 is 1.96 bits per heavy atom. The largest absolute Gasteiger partial charge is 0.496 e. The highest BCUT2D eigenvalue weighted by atomic mass is 35.5. The highest BCUT2D eigenvalue weighted by Crippen LogP contribution is 2.38. The first-order valence-electron chi connectivity index (χ1n) is 9.40. The fraction of sp³-hybridized carbons (Fsp3) is 0.409. The van der Waals surface area contributed by atoms with Crippen molar-refractivity contribution in [2.75, 3.05) is 20.3 Å². The predicted molar refractivity (Wildman–Crippen MR) is 107 cm³/mol. The van der Waals surface area contributed by atoms with E-state index < -0.39 is 12.2 Å². The van der Waals surface area contributed by atoms with Crippen molar-refractivity contribution in [1.29, 1.82) is 0 Å². The molecule has 2 unspecified atom stereocenters. The number of hydrogen-bond acceptors (Lipinski definition) is 5. The Kier molecular flexibility index (Phi) is 6.94. The predicted octanol–water partition coefficient (Wildman–Crippen LogP) is 4.12. The van der Waals surface area contributed by atoms with Gasteiger partial charge in [-0.05, 0) is 48.7 Å². The van der Waals surface area contributed by atoms with Crippen molar-refractivity contribution in [2.24, 2.45) is 0 Å². The van der Waals surface area contributed by atoms with Crippen LogP contribution in [-0.2, 0) is 16.0 Å². The molecule has 1 aliphatic heterocycles. The molecule has 0 aliphatic carbocycles. The number of benzene rings is 2. The van der Waals surface area contributed by atoms with Crippen molar-refractivity contribution in [1.82, 2.24) is 0 Å². The van der Waals surface area contributed by atoms with Crippen LogP contribution in [0.4, 0.5) is 0 Å². The SMILES string of the molecule is CCOc1ccc(Cc2cc(C3CC(=O)CC(CO)O3)c(OC)cc2Cl)cc1. The molecular weight excluding hydrogens is 380 g/mol. The number of rotatable bonds is 7. The molecule has 6 heteroatoms. The van der Waals surface area contributed by atoms with Crippen molar-refractivity contribution < 1.29 is 24.1 Å². The van der Waals surface area contributed by atoms with Crippen LogP contribution >= 0.6 is 11.6 Å². The van der Waals surface area contributed by atoms with Crippen LogP contribution in [0.3, 0.4) is 0 Å². The summed E-state index contributed by atoms with van der Waals surface area (Å²) in [6.07, 6.45) is 0.191. The molecule has 1 fully saturated rings. The summed E-state index contributed by atoms with van der Waals surface area (Å²) in [6, 6.07) is 11.6. The molecular formula is C22H25ClO5. The zero-order chi connectivity index (χ0) is 20.1. The molecule has 150 valence electrons. The Bertz CT molecular complexity index is 818. The Balaban J connectivity index is 1.88. The monoisotopic (exact) mass is 404 g/mol. The lowest BCUT2D eigenvalue weighted by Gasteiger charge is -2.29. The van der Waals surface area contributed by atoms with E-state index in [2.05, 4.69) is 0 Å². The normalized spacial score (nSPS) is 19.5. The van der Waals surface area contributed by atoms with Gasteiger partial charge in [0.2, 0.25) is 0 Å². The van der Waals surface area contributed by atoms with Crippen LogP contribution in [0, 0.1) is 0 Å². The number of methoxy groups -OCH3 is 1. The third kappa shape index (κ3) is 4.85. The van der Waals surface area contributed by atoms with Gasteiger partial charge in [0.1, 0.15) is 17.3 Å². The molecule has 0 bridgehead atoms. The molecule has 2 atom stereocenters. The molecule has 1 N–H and O–H groups in total. The summed E-state index contributed by atoms with van der Waals surface area (Å²) in [5.41, 5.74) is 2.79. The van der Waals surface area contributed by atoms with Crippen LogP contribution in [0.2, 0.25) is 5.02 Å². The van der Waals surface area contributed by atoms with Crippen LogP contribution in [0.5, 0.6) is 11.5 Å². The summed E-state index contributed by atoms with van der Waals surface area (Å²) >= 11 is 6.48. The fourth-order valence-electron chi connectivity index (χ4n) is 3.44. The minimum atomic E-state index is -0.485. The molecule has 0 aromatic heterocycles. The topological polar surface area (TPSA) is 65.0 Å². The van der Waals surface area contributed by atoms with Crippen LogP contribution in [-0.4, -0.2) is 37.3 Å². The quantitative estimate of drug-likeness (QED) is 0.752. The molecule has 0 amide bonds. The molecule has 2 aromatic carbocycles. The number of hydrogen-bond donors (Lipinski definition) is 1. The Morgan fingerprint density at radius 3 is 2.61 bits per heavy atom. The Hall–Kier alpha value is -2.08. The van der Waals surface area contributed by atoms with E-state index in [0.29, 0.717) is 23.8 Å². The van der Waals surface area contributed by atoms with E-state index in [1.54, 1.807) is 13.2 Å². The third-order valence-corrected chi connectivity index (χ3v) is 5.16. The first kappa shape index (κ1) is 20.6. The highest BCUT2D eigenvalue weighted by molar-refractivity contribution is 6.31. The number of Topliss-reactive ketones (excluding diaryl/α,β-unsaturated/α-hetero) is 1. The second kappa shape index (κ2) is 9.41. The van der Waals surface area contributed by atoms with Crippen molar-refractivity contribution in [3.05, 3.63) is 58.1 Å². The van der Waals surface area contributed by atoms with Crippen LogP contribution in [0.25, 0.3) is 0 Å². The van der Waals surface area contributed by atoms with E-state index in [1.165, 1.54) is 0 Å². The molecule has 1 aliphatic rings. The number of aliphatic hydroxyl groups excluding tert-OH is 1. The highest BCUT2D eigenvalue weighted by Gasteiger charge is 2.31. The lowest BCUT2D eigenvalue weighted by molar-refractivity contribution is -0.139. The number of ketones is 1. The number of ether oxygens (including phenoxy) is 3. The molecule has 1 heterocycles. The minimum absolute atomic E-state index is 0.0698. The summed E-state index contributed by atoms with van der Waals surface area (Å²) in [4.78, 5) is 12.1. The Labute approximate surface area is 170 Å². The van der Waals surface area contributed by atoms with Gasteiger partial charge in [-0.2, -0.15) is 0 Å². The van der Waals surface area contributed by atoms with Gasteiger partial charge in [0, 0.05) is 23.4 Å². The minimum Gasteiger partial charge on any atom is -0.496 e. The molecule has 5 nitrogen and oxygen atoms in total. The third-order valence-electron chi connectivity index (χ3n) is 4.80. The van der Waals surface area contributed by atoms with Gasteiger partial charge < -0.3 is 19.3 Å². The summed E-state index contributed by atoms with van der Waals surface area (Å²) in [6.45, 7) is 2.39. The maximum Gasteiger partial charge on any atom is 0.138 e. The van der Waals surface area contributed by atoms with E-state index in [4.69, 9.17) is 25.8 Å². The van der Waals surface area contributed by atoms with Gasteiger partial charge in [-0.1, -0.05) is 23.7 Å². The molecule has 0 radical (unpaired) electrons. The summed E-state index contributed by atoms with van der Waals surface area (Å²) in [5, 5.41) is 10.0. The molecule has 3 rings (SSSR count). The number of halogens is 1. The average Bonchev–Trinajstić information content (AvgIpc) is 2.70. The molecule has 2 aromatic rings. The summed E-state index contributed by atoms with van der Waals surface area (Å²) < 4.78 is 16.9. The van der Waals surface area contributed by atoms with Gasteiger partial charge in [-0.15, -0.1) is 0 Å². The standard InChI is InChI=1S/C22H25ClO5/c1-3-27-17-6-4-14(5-7-17)8-15-9-19(21(26-2)12-20(15)23)22-11-16(25)10-18(13-24)28-22/h4-7,9,12,18,22,24H,3,8,10-11,13H2,1-2H3. The average molecular weight is 405 g/mol. The zero-order valence-electron chi connectivity index (χ0n) is 16.1. The first-order chi connectivity index (χ1) is 13.5. The van der Waals surface area contributed by atoms with Crippen molar-refractivity contribution in [3.63, 3.8) is 0 Å². The van der Waals surface area contributed by atoms with E-state index in [1.807, 2.05) is 37.3 Å². The maximum atomic E-state index is 12.1. The zero-order valence-corrected chi connectivity index (χ0v) is 16.9. The van der Waals surface area contributed by atoms with Crippen molar-refractivity contribution in [2.45, 2.75) is 38.4 Å². The maximum absolute atomic E-state index is 12.1. The molecule has 28 heavy (non-hydrogen) atoms. The van der Waals surface area contributed by atoms with E-state index in [0.717, 1.165) is 22.4 Å². The first-order valence-corrected chi connectivity index (χ1v) is 9.77. The Morgan fingerprint density at radius 1 is 1.21 bits per heavy atom. The van der Waals surface area contributed by atoms with Crippen LogP contribution in [0.1, 0.15) is 42.6 Å². The van der Waals surface area contributed by atoms with Gasteiger partial charge >= 0.3 is 0 Å². The van der Waals surface area contributed by atoms with E-state index in [-0.39, 0.29) is 25.2 Å². The number of carbonyl (C=O) groups is 1. The lowest BCUT2D eigenvalue weighted by Crippen LogP contribution is -2.31. The van der Waals surface area contributed by atoms with Crippen LogP contribution in [0.15, 0.2) is 36.4 Å². The van der Waals surface area contributed by atoms with Gasteiger partial charge in [-0.3, -0.25) is 4.79 Å².